The Balaban J connectivity index is 2.09. The number of H-pyrrole nitrogens is 1. The van der Waals surface area contributed by atoms with Gasteiger partial charge in [0.2, 0.25) is 0 Å². The fraction of sp³-hybridized carbons (Fsp3) is 0.167. The number of carbonyl (C=O) groups is 1. The number of aromatic amines is 1. The van der Waals surface area contributed by atoms with E-state index in [0.717, 1.165) is 5.56 Å². The second kappa shape index (κ2) is 5.22. The summed E-state index contributed by atoms with van der Waals surface area (Å²) in [6.07, 6.45) is 3.35. The first kappa shape index (κ1) is 12.0. The molecule has 0 saturated heterocycles. The molecule has 6 nitrogen and oxygen atoms in total. The Bertz CT molecular complexity index is 574. The Kier molecular flexibility index (Phi) is 3.47. The minimum absolute atomic E-state index is 0.214. The van der Waals surface area contributed by atoms with E-state index in [4.69, 9.17) is 0 Å². The lowest BCUT2D eigenvalue weighted by atomic mass is 10.2. The topological polar surface area (TPSA) is 79.0 Å². The highest BCUT2D eigenvalue weighted by molar-refractivity contribution is 5.91. The number of amides is 1. The standard InChI is InChI=1S/C12H12N4O2/c1-16(8-9-4-6-13-7-5-9)12(18)10-2-3-11(17)15-14-10/h2-7H,8H2,1H3,(H,15,17). The summed E-state index contributed by atoms with van der Waals surface area (Å²) in [4.78, 5) is 28.3. The van der Waals surface area contributed by atoms with Crippen molar-refractivity contribution in [2.45, 2.75) is 6.54 Å². The fourth-order valence-corrected chi connectivity index (χ4v) is 1.49. The number of rotatable bonds is 3. The zero-order valence-electron chi connectivity index (χ0n) is 9.83. The van der Waals surface area contributed by atoms with Crippen molar-refractivity contribution in [3.8, 4) is 0 Å². The van der Waals surface area contributed by atoms with Gasteiger partial charge in [-0.1, -0.05) is 0 Å². The van der Waals surface area contributed by atoms with Crippen molar-refractivity contribution in [1.29, 1.82) is 0 Å². The van der Waals surface area contributed by atoms with E-state index in [9.17, 15) is 9.59 Å². The van der Waals surface area contributed by atoms with Crippen LogP contribution in [0.15, 0.2) is 41.5 Å². The van der Waals surface area contributed by atoms with Gasteiger partial charge in [0.15, 0.2) is 0 Å². The molecular formula is C12H12N4O2. The van der Waals surface area contributed by atoms with E-state index in [1.54, 1.807) is 19.4 Å². The van der Waals surface area contributed by atoms with Crippen LogP contribution in [0.1, 0.15) is 16.1 Å². The third kappa shape index (κ3) is 2.79. The summed E-state index contributed by atoms with van der Waals surface area (Å²) in [5, 5.41) is 5.94. The monoisotopic (exact) mass is 244 g/mol. The molecule has 2 aromatic heterocycles. The van der Waals surface area contributed by atoms with Gasteiger partial charge in [-0.05, 0) is 23.8 Å². The van der Waals surface area contributed by atoms with Crippen LogP contribution in [0.4, 0.5) is 0 Å². The van der Waals surface area contributed by atoms with Crippen LogP contribution in [-0.4, -0.2) is 33.0 Å². The maximum absolute atomic E-state index is 12.0. The van der Waals surface area contributed by atoms with E-state index < -0.39 is 0 Å². The lowest BCUT2D eigenvalue weighted by Gasteiger charge is -2.16. The first-order valence-corrected chi connectivity index (χ1v) is 5.37. The smallest absolute Gasteiger partial charge is 0.274 e. The van der Waals surface area contributed by atoms with Crippen LogP contribution < -0.4 is 5.56 Å². The molecule has 1 amide bonds. The Hall–Kier alpha value is -2.50. The lowest BCUT2D eigenvalue weighted by molar-refractivity contribution is 0.0778. The molecule has 0 aliphatic carbocycles. The van der Waals surface area contributed by atoms with Crippen LogP contribution in [0.25, 0.3) is 0 Å². The van der Waals surface area contributed by atoms with Crippen molar-refractivity contribution in [1.82, 2.24) is 20.1 Å². The van der Waals surface area contributed by atoms with Crippen molar-refractivity contribution < 1.29 is 4.79 Å². The average Bonchev–Trinajstić information content (AvgIpc) is 2.40. The van der Waals surface area contributed by atoms with Crippen LogP contribution in [0.5, 0.6) is 0 Å². The molecule has 0 saturated carbocycles. The Labute approximate surface area is 103 Å². The quantitative estimate of drug-likeness (QED) is 0.849. The minimum atomic E-state index is -0.330. The molecule has 92 valence electrons. The summed E-state index contributed by atoms with van der Waals surface area (Å²) < 4.78 is 0. The number of carbonyl (C=O) groups excluding carboxylic acids is 1. The molecular weight excluding hydrogens is 232 g/mol. The van der Waals surface area contributed by atoms with Crippen molar-refractivity contribution in [2.75, 3.05) is 7.05 Å². The summed E-state index contributed by atoms with van der Waals surface area (Å²) in [7, 11) is 1.68. The molecule has 0 aromatic carbocycles. The molecule has 0 aliphatic heterocycles. The molecule has 0 fully saturated rings. The van der Waals surface area contributed by atoms with Crippen LogP contribution in [0, 0.1) is 0 Å². The van der Waals surface area contributed by atoms with Crippen molar-refractivity contribution in [3.63, 3.8) is 0 Å². The molecule has 0 spiro atoms. The maximum atomic E-state index is 12.0. The third-order valence-electron chi connectivity index (χ3n) is 2.41. The second-order valence-corrected chi connectivity index (χ2v) is 3.82. The van der Waals surface area contributed by atoms with E-state index in [1.165, 1.54) is 17.0 Å². The van der Waals surface area contributed by atoms with Crippen LogP contribution >= 0.6 is 0 Å². The maximum Gasteiger partial charge on any atom is 0.274 e. The summed E-state index contributed by atoms with van der Waals surface area (Å²) in [5.74, 6) is -0.247. The van der Waals surface area contributed by atoms with Gasteiger partial charge < -0.3 is 4.90 Å². The van der Waals surface area contributed by atoms with Crippen LogP contribution in [0.2, 0.25) is 0 Å². The molecule has 6 heteroatoms. The third-order valence-corrected chi connectivity index (χ3v) is 2.41. The molecule has 18 heavy (non-hydrogen) atoms. The summed E-state index contributed by atoms with van der Waals surface area (Å²) in [6, 6.07) is 6.36. The molecule has 0 atom stereocenters. The van der Waals surface area contributed by atoms with Gasteiger partial charge in [-0.2, -0.15) is 5.10 Å². The second-order valence-electron chi connectivity index (χ2n) is 3.82. The SMILES string of the molecule is CN(Cc1ccncc1)C(=O)c1ccc(=O)[nH]n1. The highest BCUT2D eigenvalue weighted by atomic mass is 16.2. The predicted octanol–water partition coefficient (Wildman–Crippen LogP) is 0.437. The molecule has 2 heterocycles. The first-order chi connectivity index (χ1) is 8.66. The molecule has 0 radical (unpaired) electrons. The van der Waals surface area contributed by atoms with E-state index in [1.807, 2.05) is 12.1 Å². The van der Waals surface area contributed by atoms with Gasteiger partial charge in [-0.3, -0.25) is 14.6 Å². The highest BCUT2D eigenvalue weighted by Gasteiger charge is 2.13. The molecule has 2 rings (SSSR count). The fourth-order valence-electron chi connectivity index (χ4n) is 1.49. The zero-order chi connectivity index (χ0) is 13.0. The van der Waals surface area contributed by atoms with Crippen molar-refractivity contribution in [3.05, 3.63) is 58.3 Å². The Morgan fingerprint density at radius 3 is 2.61 bits per heavy atom. The number of aromatic nitrogens is 3. The number of hydrogen-bond donors (Lipinski definition) is 1. The number of nitrogens with zero attached hydrogens (tertiary/aromatic N) is 3. The Morgan fingerprint density at radius 2 is 2.00 bits per heavy atom. The van der Waals surface area contributed by atoms with Gasteiger partial charge in [-0.15, -0.1) is 0 Å². The summed E-state index contributed by atoms with van der Waals surface area (Å²) in [5.41, 5.74) is 0.861. The molecule has 2 aromatic rings. The zero-order valence-corrected chi connectivity index (χ0v) is 9.83. The number of pyridine rings is 1. The van der Waals surface area contributed by atoms with E-state index in [-0.39, 0.29) is 17.2 Å². The van der Waals surface area contributed by atoms with E-state index in [0.29, 0.717) is 6.54 Å². The minimum Gasteiger partial charge on any atom is -0.336 e. The van der Waals surface area contributed by atoms with Crippen molar-refractivity contribution >= 4 is 5.91 Å². The Morgan fingerprint density at radius 1 is 1.28 bits per heavy atom. The molecule has 0 bridgehead atoms. The van der Waals surface area contributed by atoms with Gasteiger partial charge in [0.05, 0.1) is 0 Å². The molecule has 0 aliphatic rings. The normalized spacial score (nSPS) is 10.1. The predicted molar refractivity (Wildman–Crippen MR) is 64.9 cm³/mol. The number of nitrogens with one attached hydrogen (secondary N) is 1. The number of hydrogen-bond acceptors (Lipinski definition) is 4. The van der Waals surface area contributed by atoms with Gasteiger partial charge in [-0.25, -0.2) is 5.10 Å². The van der Waals surface area contributed by atoms with Crippen LogP contribution in [0.3, 0.4) is 0 Å². The van der Waals surface area contributed by atoms with Gasteiger partial charge in [0.1, 0.15) is 5.69 Å². The first-order valence-electron chi connectivity index (χ1n) is 5.37. The van der Waals surface area contributed by atoms with Gasteiger partial charge >= 0.3 is 0 Å². The average molecular weight is 244 g/mol. The van der Waals surface area contributed by atoms with Gasteiger partial charge in [0, 0.05) is 32.1 Å². The van der Waals surface area contributed by atoms with Crippen molar-refractivity contribution in [2.24, 2.45) is 0 Å². The largest absolute Gasteiger partial charge is 0.336 e. The summed E-state index contributed by atoms with van der Waals surface area (Å²) in [6.45, 7) is 0.460. The van der Waals surface area contributed by atoms with E-state index in [2.05, 4.69) is 15.2 Å². The molecule has 0 unspecified atom stereocenters. The van der Waals surface area contributed by atoms with Crippen LogP contribution in [-0.2, 0) is 6.54 Å². The highest BCUT2D eigenvalue weighted by Crippen LogP contribution is 2.04. The molecule has 1 N–H and O–H groups in total. The lowest BCUT2D eigenvalue weighted by Crippen LogP contribution is -2.28. The van der Waals surface area contributed by atoms with E-state index >= 15 is 0 Å². The summed E-state index contributed by atoms with van der Waals surface area (Å²) >= 11 is 0. The van der Waals surface area contributed by atoms with Gasteiger partial charge in [0.25, 0.3) is 11.5 Å².